The van der Waals surface area contributed by atoms with Crippen LogP contribution in [0.2, 0.25) is 0 Å². The van der Waals surface area contributed by atoms with Crippen LogP contribution in [0.5, 0.6) is 0 Å². The van der Waals surface area contributed by atoms with Crippen LogP contribution in [0.25, 0.3) is 0 Å². The van der Waals surface area contributed by atoms with Gasteiger partial charge in [-0.1, -0.05) is 12.1 Å². The second-order valence-corrected chi connectivity index (χ2v) is 4.42. The third-order valence-corrected chi connectivity index (χ3v) is 2.84. The van der Waals surface area contributed by atoms with Crippen LogP contribution in [-0.4, -0.2) is 9.97 Å². The van der Waals surface area contributed by atoms with Crippen molar-refractivity contribution in [2.24, 2.45) is 0 Å². The molecule has 1 aliphatic carbocycles. The second kappa shape index (κ2) is 4.25. The largest absolute Gasteiger partial charge is 0.384 e. The zero-order valence-electron chi connectivity index (χ0n) is 9.73. The lowest BCUT2D eigenvalue weighted by Gasteiger charge is -2.08. The number of halogens is 1. The van der Waals surface area contributed by atoms with Gasteiger partial charge in [-0.25, -0.2) is 14.4 Å². The van der Waals surface area contributed by atoms with E-state index in [4.69, 9.17) is 5.73 Å². The molecule has 18 heavy (non-hydrogen) atoms. The molecule has 2 aromatic rings. The summed E-state index contributed by atoms with van der Waals surface area (Å²) in [6, 6.07) is 8.07. The van der Waals surface area contributed by atoms with Crippen molar-refractivity contribution in [3.8, 4) is 0 Å². The molecule has 3 N–H and O–H groups in total. The average Bonchev–Trinajstić information content (AvgIpc) is 3.15. The Bertz CT molecular complexity index is 581. The van der Waals surface area contributed by atoms with Crippen LogP contribution in [0.4, 0.5) is 21.7 Å². The number of hydrogen-bond acceptors (Lipinski definition) is 4. The zero-order valence-corrected chi connectivity index (χ0v) is 9.73. The van der Waals surface area contributed by atoms with Crippen molar-refractivity contribution >= 4 is 17.3 Å². The highest BCUT2D eigenvalue weighted by molar-refractivity contribution is 5.59. The standard InChI is InChI=1S/C13H13FN4/c14-9-3-1-2-4-10(9)16-12-7-11(15)17-13(18-12)8-5-6-8/h1-4,7-8H,5-6H2,(H3,15,16,17,18). The van der Waals surface area contributed by atoms with Gasteiger partial charge in [-0.15, -0.1) is 0 Å². The number of aromatic nitrogens is 2. The molecule has 1 aromatic heterocycles. The zero-order chi connectivity index (χ0) is 12.5. The van der Waals surface area contributed by atoms with E-state index in [2.05, 4.69) is 15.3 Å². The van der Waals surface area contributed by atoms with Crippen molar-refractivity contribution in [1.29, 1.82) is 0 Å². The molecule has 0 unspecified atom stereocenters. The van der Waals surface area contributed by atoms with E-state index in [9.17, 15) is 4.39 Å². The van der Waals surface area contributed by atoms with Gasteiger partial charge in [-0.05, 0) is 25.0 Å². The summed E-state index contributed by atoms with van der Waals surface area (Å²) >= 11 is 0. The molecule has 0 saturated heterocycles. The Morgan fingerprint density at radius 3 is 2.72 bits per heavy atom. The van der Waals surface area contributed by atoms with Gasteiger partial charge in [-0.3, -0.25) is 0 Å². The third-order valence-electron chi connectivity index (χ3n) is 2.84. The molecule has 0 bridgehead atoms. The van der Waals surface area contributed by atoms with Crippen LogP contribution >= 0.6 is 0 Å². The minimum absolute atomic E-state index is 0.317. The van der Waals surface area contributed by atoms with E-state index in [-0.39, 0.29) is 5.82 Å². The van der Waals surface area contributed by atoms with Gasteiger partial charge >= 0.3 is 0 Å². The topological polar surface area (TPSA) is 63.8 Å². The maximum Gasteiger partial charge on any atom is 0.146 e. The van der Waals surface area contributed by atoms with Crippen LogP contribution < -0.4 is 11.1 Å². The first-order valence-corrected chi connectivity index (χ1v) is 5.88. The van der Waals surface area contributed by atoms with Crippen molar-refractivity contribution in [2.75, 3.05) is 11.1 Å². The Kier molecular flexibility index (Phi) is 2.59. The van der Waals surface area contributed by atoms with Crippen LogP contribution in [0.15, 0.2) is 30.3 Å². The van der Waals surface area contributed by atoms with Gasteiger partial charge in [0.15, 0.2) is 0 Å². The fourth-order valence-corrected chi connectivity index (χ4v) is 1.77. The van der Waals surface area contributed by atoms with E-state index >= 15 is 0 Å². The lowest BCUT2D eigenvalue weighted by Crippen LogP contribution is -2.03. The molecule has 0 aliphatic heterocycles. The highest BCUT2D eigenvalue weighted by Gasteiger charge is 2.27. The SMILES string of the molecule is Nc1cc(Nc2ccccc2F)nc(C2CC2)n1. The third kappa shape index (κ3) is 2.25. The van der Waals surface area contributed by atoms with E-state index in [1.54, 1.807) is 24.3 Å². The van der Waals surface area contributed by atoms with E-state index in [1.165, 1.54) is 6.07 Å². The molecule has 0 radical (unpaired) electrons. The molecule has 92 valence electrons. The molecule has 0 amide bonds. The molecule has 5 heteroatoms. The minimum Gasteiger partial charge on any atom is -0.384 e. The Labute approximate surface area is 104 Å². The summed E-state index contributed by atoms with van der Waals surface area (Å²) in [5.41, 5.74) is 6.12. The van der Waals surface area contributed by atoms with Crippen molar-refractivity contribution in [2.45, 2.75) is 18.8 Å². The summed E-state index contributed by atoms with van der Waals surface area (Å²) in [6.45, 7) is 0. The predicted octanol–water partition coefficient (Wildman–Crippen LogP) is 2.82. The lowest BCUT2D eigenvalue weighted by atomic mass is 10.3. The predicted molar refractivity (Wildman–Crippen MR) is 68.1 cm³/mol. The molecule has 0 spiro atoms. The van der Waals surface area contributed by atoms with Gasteiger partial charge in [0, 0.05) is 12.0 Å². The van der Waals surface area contributed by atoms with Crippen molar-refractivity contribution in [3.05, 3.63) is 42.0 Å². The maximum absolute atomic E-state index is 13.5. The van der Waals surface area contributed by atoms with Gasteiger partial charge in [0.2, 0.25) is 0 Å². The number of hydrogen-bond donors (Lipinski definition) is 2. The molecule has 1 saturated carbocycles. The Balaban J connectivity index is 1.90. The molecule has 1 aliphatic rings. The Morgan fingerprint density at radius 2 is 2.00 bits per heavy atom. The van der Waals surface area contributed by atoms with Crippen LogP contribution in [-0.2, 0) is 0 Å². The Morgan fingerprint density at radius 1 is 1.22 bits per heavy atom. The van der Waals surface area contributed by atoms with E-state index in [0.717, 1.165) is 18.7 Å². The van der Waals surface area contributed by atoms with Gasteiger partial charge in [-0.2, -0.15) is 0 Å². The molecule has 3 rings (SSSR count). The van der Waals surface area contributed by atoms with Crippen molar-refractivity contribution < 1.29 is 4.39 Å². The monoisotopic (exact) mass is 244 g/mol. The summed E-state index contributed by atoms with van der Waals surface area (Å²) in [7, 11) is 0. The summed E-state index contributed by atoms with van der Waals surface area (Å²) in [5, 5.41) is 2.93. The average molecular weight is 244 g/mol. The number of nitrogens with one attached hydrogen (secondary N) is 1. The fourth-order valence-electron chi connectivity index (χ4n) is 1.77. The van der Waals surface area contributed by atoms with Crippen LogP contribution in [0.3, 0.4) is 0 Å². The van der Waals surface area contributed by atoms with Crippen molar-refractivity contribution in [3.63, 3.8) is 0 Å². The molecule has 1 heterocycles. The highest BCUT2D eigenvalue weighted by atomic mass is 19.1. The van der Waals surface area contributed by atoms with Gasteiger partial charge in [0.1, 0.15) is 23.3 Å². The van der Waals surface area contributed by atoms with Crippen LogP contribution in [0.1, 0.15) is 24.6 Å². The fraction of sp³-hybridized carbons (Fsp3) is 0.231. The normalized spacial score (nSPS) is 14.5. The number of anilines is 3. The summed E-state index contributed by atoms with van der Waals surface area (Å²) in [4.78, 5) is 8.56. The molecule has 0 atom stereocenters. The van der Waals surface area contributed by atoms with E-state index in [1.807, 2.05) is 0 Å². The number of benzene rings is 1. The molecule has 4 nitrogen and oxygen atoms in total. The van der Waals surface area contributed by atoms with Crippen LogP contribution in [0, 0.1) is 5.82 Å². The summed E-state index contributed by atoms with van der Waals surface area (Å²) in [6.07, 6.45) is 2.20. The lowest BCUT2D eigenvalue weighted by molar-refractivity contribution is 0.632. The number of rotatable bonds is 3. The van der Waals surface area contributed by atoms with Gasteiger partial charge in [0.25, 0.3) is 0 Å². The number of nitrogens with two attached hydrogens (primary N) is 1. The quantitative estimate of drug-likeness (QED) is 0.871. The first-order valence-electron chi connectivity index (χ1n) is 5.88. The van der Waals surface area contributed by atoms with Gasteiger partial charge in [0.05, 0.1) is 5.69 Å². The molecular weight excluding hydrogens is 231 g/mol. The number of nitrogen functional groups attached to an aromatic ring is 1. The Hall–Kier alpha value is -2.17. The van der Waals surface area contributed by atoms with Crippen molar-refractivity contribution in [1.82, 2.24) is 9.97 Å². The minimum atomic E-state index is -0.317. The smallest absolute Gasteiger partial charge is 0.146 e. The van der Waals surface area contributed by atoms with E-state index < -0.39 is 0 Å². The maximum atomic E-state index is 13.5. The summed E-state index contributed by atoms with van der Waals surface area (Å²) < 4.78 is 13.5. The first-order chi connectivity index (χ1) is 8.72. The first kappa shape index (κ1) is 11.0. The second-order valence-electron chi connectivity index (χ2n) is 4.42. The van der Waals surface area contributed by atoms with Gasteiger partial charge < -0.3 is 11.1 Å². The molecular formula is C13H13FN4. The van der Waals surface area contributed by atoms with E-state index in [0.29, 0.717) is 23.2 Å². The number of para-hydroxylation sites is 1. The molecule has 1 aromatic carbocycles. The summed E-state index contributed by atoms with van der Waals surface area (Å²) in [5.74, 6) is 1.78. The number of nitrogens with zero attached hydrogens (tertiary/aromatic N) is 2. The molecule has 1 fully saturated rings. The highest BCUT2D eigenvalue weighted by Crippen LogP contribution is 2.38.